The molecule has 20 heavy (non-hydrogen) atoms. The maximum absolute atomic E-state index is 12.7. The monoisotopic (exact) mass is 294 g/mol. The van der Waals surface area contributed by atoms with Gasteiger partial charge in [-0.3, -0.25) is 0 Å². The van der Waals surface area contributed by atoms with E-state index in [0.29, 0.717) is 24.6 Å². The van der Waals surface area contributed by atoms with Gasteiger partial charge in [-0.25, -0.2) is 13.4 Å². The summed E-state index contributed by atoms with van der Waals surface area (Å²) in [5.41, 5.74) is 0.486. The fourth-order valence-corrected chi connectivity index (χ4v) is 3.65. The molecule has 0 amide bonds. The van der Waals surface area contributed by atoms with E-state index in [1.54, 1.807) is 25.5 Å². The molecular weight excluding hydrogens is 280 g/mol. The van der Waals surface area contributed by atoms with Crippen LogP contribution in [0.3, 0.4) is 0 Å². The smallest absolute Gasteiger partial charge is 0.263 e. The molecule has 0 spiro atoms. The van der Waals surface area contributed by atoms with Crippen LogP contribution in [0.5, 0.6) is 0 Å². The summed E-state index contributed by atoms with van der Waals surface area (Å²) in [5.74, 6) is 0.641. The molecular formula is C11H14N6O2S. The van der Waals surface area contributed by atoms with Crippen molar-refractivity contribution in [2.24, 2.45) is 0 Å². The molecule has 2 aromatic heterocycles. The second kappa shape index (κ2) is 4.84. The lowest BCUT2D eigenvalue weighted by Crippen LogP contribution is -2.38. The summed E-state index contributed by atoms with van der Waals surface area (Å²) in [4.78, 5) is 4.01. The maximum atomic E-state index is 12.7. The molecule has 0 fully saturated rings. The van der Waals surface area contributed by atoms with E-state index >= 15 is 0 Å². The van der Waals surface area contributed by atoms with Gasteiger partial charge in [0.05, 0.1) is 12.2 Å². The summed E-state index contributed by atoms with van der Waals surface area (Å²) >= 11 is 0. The van der Waals surface area contributed by atoms with Crippen molar-refractivity contribution in [2.45, 2.75) is 18.1 Å². The summed E-state index contributed by atoms with van der Waals surface area (Å²) in [6.45, 7) is 1.14. The molecule has 0 radical (unpaired) electrons. The van der Waals surface area contributed by atoms with Crippen molar-refractivity contribution in [1.82, 2.24) is 24.1 Å². The first-order valence-corrected chi connectivity index (χ1v) is 7.56. The molecule has 0 atom stereocenters. The highest BCUT2D eigenvalue weighted by Crippen LogP contribution is 2.24. The second-order valence-corrected chi connectivity index (χ2v) is 6.24. The SMILES string of the molecule is CNc1cccnc1S(=O)(=O)N1CCn2cnnc2C1. The Labute approximate surface area is 116 Å². The molecule has 0 unspecified atom stereocenters. The molecule has 0 bridgehead atoms. The minimum Gasteiger partial charge on any atom is -0.386 e. The van der Waals surface area contributed by atoms with Gasteiger partial charge in [0.2, 0.25) is 0 Å². The lowest BCUT2D eigenvalue weighted by molar-refractivity contribution is 0.334. The van der Waals surface area contributed by atoms with Crippen molar-refractivity contribution >= 4 is 15.7 Å². The Morgan fingerprint density at radius 3 is 3.00 bits per heavy atom. The predicted octanol–water partition coefficient (Wildman–Crippen LogP) is -0.0807. The number of hydrogen-bond acceptors (Lipinski definition) is 6. The highest BCUT2D eigenvalue weighted by Gasteiger charge is 2.31. The van der Waals surface area contributed by atoms with Crippen LogP contribution >= 0.6 is 0 Å². The minimum absolute atomic E-state index is 0.0375. The first kappa shape index (κ1) is 13.0. The van der Waals surface area contributed by atoms with E-state index in [4.69, 9.17) is 0 Å². The topological polar surface area (TPSA) is 93.0 Å². The van der Waals surface area contributed by atoms with Gasteiger partial charge in [0, 0.05) is 26.3 Å². The number of pyridine rings is 1. The molecule has 3 rings (SSSR count). The van der Waals surface area contributed by atoms with Crippen LogP contribution in [0.25, 0.3) is 0 Å². The van der Waals surface area contributed by atoms with Gasteiger partial charge in [-0.05, 0) is 12.1 Å². The summed E-state index contributed by atoms with van der Waals surface area (Å²) in [6, 6.07) is 3.38. The van der Waals surface area contributed by atoms with Crippen molar-refractivity contribution in [3.05, 3.63) is 30.5 Å². The van der Waals surface area contributed by atoms with Gasteiger partial charge in [-0.15, -0.1) is 10.2 Å². The van der Waals surface area contributed by atoms with Crippen molar-refractivity contribution in [1.29, 1.82) is 0 Å². The molecule has 0 saturated carbocycles. The third-order valence-electron chi connectivity index (χ3n) is 3.23. The molecule has 0 aliphatic carbocycles. The van der Waals surface area contributed by atoms with Crippen LogP contribution < -0.4 is 5.32 Å². The number of sulfonamides is 1. The van der Waals surface area contributed by atoms with Gasteiger partial charge in [0.1, 0.15) is 12.2 Å². The third-order valence-corrected chi connectivity index (χ3v) is 5.03. The molecule has 2 aromatic rings. The van der Waals surface area contributed by atoms with E-state index in [1.165, 1.54) is 10.5 Å². The normalized spacial score (nSPS) is 15.8. The fourth-order valence-electron chi connectivity index (χ4n) is 2.16. The van der Waals surface area contributed by atoms with Crippen LogP contribution in [0, 0.1) is 0 Å². The molecule has 0 saturated heterocycles. The molecule has 1 aliphatic heterocycles. The number of hydrogen-bond donors (Lipinski definition) is 1. The van der Waals surface area contributed by atoms with Gasteiger partial charge in [0.15, 0.2) is 5.03 Å². The zero-order valence-electron chi connectivity index (χ0n) is 10.9. The van der Waals surface area contributed by atoms with E-state index in [-0.39, 0.29) is 11.6 Å². The molecule has 106 valence electrons. The third kappa shape index (κ3) is 2.04. The van der Waals surface area contributed by atoms with Crippen molar-refractivity contribution in [3.8, 4) is 0 Å². The Bertz CT molecular complexity index is 726. The Morgan fingerprint density at radius 1 is 1.35 bits per heavy atom. The number of nitrogens with zero attached hydrogens (tertiary/aromatic N) is 5. The van der Waals surface area contributed by atoms with E-state index < -0.39 is 10.0 Å². The van der Waals surface area contributed by atoms with E-state index in [9.17, 15) is 8.42 Å². The average molecular weight is 294 g/mol. The summed E-state index contributed by atoms with van der Waals surface area (Å²) in [7, 11) is -1.98. The highest BCUT2D eigenvalue weighted by atomic mass is 32.2. The zero-order chi connectivity index (χ0) is 14.2. The molecule has 0 aromatic carbocycles. The summed E-state index contributed by atoms with van der Waals surface area (Å²) in [5, 5.41) is 10.6. The number of fused-ring (bicyclic) bond motifs is 1. The van der Waals surface area contributed by atoms with Crippen molar-refractivity contribution in [2.75, 3.05) is 18.9 Å². The van der Waals surface area contributed by atoms with Gasteiger partial charge < -0.3 is 9.88 Å². The Balaban J connectivity index is 1.97. The van der Waals surface area contributed by atoms with Gasteiger partial charge in [-0.1, -0.05) is 0 Å². The van der Waals surface area contributed by atoms with Crippen LogP contribution in [-0.2, 0) is 23.1 Å². The average Bonchev–Trinajstić information content (AvgIpc) is 2.94. The van der Waals surface area contributed by atoms with Gasteiger partial charge in [-0.2, -0.15) is 4.31 Å². The quantitative estimate of drug-likeness (QED) is 0.851. The molecule has 1 N–H and O–H groups in total. The molecule has 3 heterocycles. The van der Waals surface area contributed by atoms with Crippen LogP contribution in [-0.4, -0.2) is 46.1 Å². The van der Waals surface area contributed by atoms with E-state index in [1.807, 2.05) is 4.57 Å². The summed E-state index contributed by atoms with van der Waals surface area (Å²) < 4.78 is 28.6. The first-order valence-electron chi connectivity index (χ1n) is 6.12. The number of aromatic nitrogens is 4. The maximum Gasteiger partial charge on any atom is 0.263 e. The molecule has 8 nitrogen and oxygen atoms in total. The van der Waals surface area contributed by atoms with Gasteiger partial charge >= 0.3 is 0 Å². The Hall–Kier alpha value is -2.00. The predicted molar refractivity (Wildman–Crippen MR) is 71.4 cm³/mol. The van der Waals surface area contributed by atoms with E-state index in [2.05, 4.69) is 20.5 Å². The second-order valence-electron chi connectivity index (χ2n) is 4.39. The molecule has 1 aliphatic rings. The van der Waals surface area contributed by atoms with Crippen LogP contribution in [0.15, 0.2) is 29.7 Å². The van der Waals surface area contributed by atoms with Crippen molar-refractivity contribution in [3.63, 3.8) is 0 Å². The van der Waals surface area contributed by atoms with Gasteiger partial charge in [0.25, 0.3) is 10.0 Å². The lowest BCUT2D eigenvalue weighted by atomic mass is 10.4. The highest BCUT2D eigenvalue weighted by molar-refractivity contribution is 7.89. The largest absolute Gasteiger partial charge is 0.386 e. The van der Waals surface area contributed by atoms with Crippen LogP contribution in [0.2, 0.25) is 0 Å². The standard InChI is InChI=1S/C11H14N6O2S/c1-12-9-3-2-4-13-11(9)20(18,19)17-6-5-16-8-14-15-10(16)7-17/h2-4,8,12H,5-7H2,1H3. The number of anilines is 1. The summed E-state index contributed by atoms with van der Waals surface area (Å²) in [6.07, 6.45) is 3.08. The van der Waals surface area contributed by atoms with E-state index in [0.717, 1.165) is 0 Å². The molecule has 9 heteroatoms. The Morgan fingerprint density at radius 2 is 2.20 bits per heavy atom. The number of rotatable bonds is 3. The lowest BCUT2D eigenvalue weighted by Gasteiger charge is -2.26. The van der Waals surface area contributed by atoms with Crippen LogP contribution in [0.1, 0.15) is 5.82 Å². The number of nitrogens with one attached hydrogen (secondary N) is 1. The minimum atomic E-state index is -3.65. The Kier molecular flexibility index (Phi) is 3.14. The zero-order valence-corrected chi connectivity index (χ0v) is 11.7. The fraction of sp³-hybridized carbons (Fsp3) is 0.364. The first-order chi connectivity index (χ1) is 9.63. The van der Waals surface area contributed by atoms with Crippen molar-refractivity contribution < 1.29 is 8.42 Å². The van der Waals surface area contributed by atoms with Crippen LogP contribution in [0.4, 0.5) is 5.69 Å².